The van der Waals surface area contributed by atoms with Gasteiger partial charge in [-0.1, -0.05) is 17.8 Å². The number of nitrogens with zero attached hydrogens (tertiary/aromatic N) is 5. The molecule has 168 valence electrons. The van der Waals surface area contributed by atoms with Gasteiger partial charge in [-0.25, -0.2) is 19.3 Å². The van der Waals surface area contributed by atoms with Crippen molar-refractivity contribution < 1.29 is 4.39 Å². The molecule has 0 radical (unpaired) electrons. The number of nitrogens with one attached hydrogen (secondary N) is 1. The second kappa shape index (κ2) is 8.24. The molecule has 2 bridgehead atoms. The van der Waals surface area contributed by atoms with Crippen molar-refractivity contribution in [3.63, 3.8) is 0 Å². The Morgan fingerprint density at radius 2 is 1.91 bits per heavy atom. The fourth-order valence-electron chi connectivity index (χ4n) is 5.14. The summed E-state index contributed by atoms with van der Waals surface area (Å²) >= 11 is 1.62. The quantitative estimate of drug-likeness (QED) is 0.455. The molecule has 2 saturated heterocycles. The van der Waals surface area contributed by atoms with Crippen LogP contribution in [0, 0.1) is 12.7 Å². The molecule has 6 nitrogen and oxygen atoms in total. The van der Waals surface area contributed by atoms with E-state index in [1.165, 1.54) is 38.2 Å². The molecule has 32 heavy (non-hydrogen) atoms. The minimum Gasteiger partial charge on any atom is -0.348 e. The van der Waals surface area contributed by atoms with Crippen molar-refractivity contribution in [2.45, 2.75) is 57.2 Å². The first kappa shape index (κ1) is 21.6. The number of fused-ring (bicyclic) bond motifs is 4. The number of rotatable bonds is 3. The highest BCUT2D eigenvalue weighted by Gasteiger charge is 2.33. The summed E-state index contributed by atoms with van der Waals surface area (Å²) in [6.07, 6.45) is 9.96. The second-order valence-corrected chi connectivity index (χ2v) is 9.89. The van der Waals surface area contributed by atoms with Crippen molar-refractivity contribution in [3.8, 4) is 11.3 Å². The number of aromatic nitrogens is 4. The molecule has 9 heteroatoms. The van der Waals surface area contributed by atoms with Crippen molar-refractivity contribution in [3.05, 3.63) is 42.1 Å². The zero-order chi connectivity index (χ0) is 21.1. The van der Waals surface area contributed by atoms with E-state index in [0.29, 0.717) is 23.8 Å². The average Bonchev–Trinajstić information content (AvgIpc) is 3.35. The lowest BCUT2D eigenvalue weighted by molar-refractivity contribution is 0.219. The standard InChI is InChI=1S/C23H25FN6S.ClH/c1-13-11-30-12-14(8-18(24)21(30)25-13)19-6-7-20-22(27-19)31-23(28-20)29(2)17-9-15-4-3-5-16(10-17)26-15;/h6-8,11-12,15-17,26H,3-5,9-10H2,1-2H3;1H/t15-,16+,17-;. The van der Waals surface area contributed by atoms with Crippen molar-refractivity contribution in [2.24, 2.45) is 0 Å². The third kappa shape index (κ3) is 3.74. The van der Waals surface area contributed by atoms with Gasteiger partial charge in [0, 0.05) is 43.1 Å². The third-order valence-electron chi connectivity index (χ3n) is 6.71. The molecule has 0 amide bonds. The van der Waals surface area contributed by atoms with E-state index < -0.39 is 0 Å². The monoisotopic (exact) mass is 472 g/mol. The van der Waals surface area contributed by atoms with Crippen molar-refractivity contribution >= 4 is 44.9 Å². The van der Waals surface area contributed by atoms with Crippen LogP contribution in [-0.2, 0) is 0 Å². The Morgan fingerprint density at radius 1 is 1.12 bits per heavy atom. The van der Waals surface area contributed by atoms with Gasteiger partial charge < -0.3 is 14.6 Å². The molecule has 6 heterocycles. The summed E-state index contributed by atoms with van der Waals surface area (Å²) in [5, 5.41) is 4.78. The summed E-state index contributed by atoms with van der Waals surface area (Å²) in [4.78, 5) is 17.1. The lowest BCUT2D eigenvalue weighted by Gasteiger charge is -2.43. The molecule has 0 aliphatic carbocycles. The van der Waals surface area contributed by atoms with Gasteiger partial charge in [0.05, 0.1) is 11.4 Å². The first-order valence-corrected chi connectivity index (χ1v) is 11.8. The molecule has 2 aliphatic rings. The maximum absolute atomic E-state index is 14.5. The number of piperidine rings is 2. The van der Waals surface area contributed by atoms with Crippen molar-refractivity contribution in [1.82, 2.24) is 24.7 Å². The summed E-state index contributed by atoms with van der Waals surface area (Å²) in [6.45, 7) is 1.86. The summed E-state index contributed by atoms with van der Waals surface area (Å²) in [5.41, 5.74) is 3.50. The second-order valence-electron chi connectivity index (χ2n) is 8.93. The van der Waals surface area contributed by atoms with Gasteiger partial charge in [0.25, 0.3) is 0 Å². The van der Waals surface area contributed by atoms with Gasteiger partial charge in [0.15, 0.2) is 16.6 Å². The zero-order valence-electron chi connectivity index (χ0n) is 18.1. The maximum Gasteiger partial charge on any atom is 0.187 e. The molecule has 2 aliphatic heterocycles. The molecule has 4 aromatic heterocycles. The van der Waals surface area contributed by atoms with E-state index in [-0.39, 0.29) is 18.2 Å². The van der Waals surface area contributed by atoms with Crippen LogP contribution in [-0.4, -0.2) is 44.5 Å². The molecule has 0 saturated carbocycles. The smallest absolute Gasteiger partial charge is 0.187 e. The highest BCUT2D eigenvalue weighted by molar-refractivity contribution is 7.21. The Morgan fingerprint density at radius 3 is 2.69 bits per heavy atom. The van der Waals surface area contributed by atoms with Crippen LogP contribution in [0.3, 0.4) is 0 Å². The Labute approximate surface area is 196 Å². The Kier molecular flexibility index (Phi) is 5.55. The summed E-state index contributed by atoms with van der Waals surface area (Å²) < 4.78 is 16.3. The van der Waals surface area contributed by atoms with Crippen LogP contribution >= 0.6 is 23.7 Å². The largest absolute Gasteiger partial charge is 0.348 e. The van der Waals surface area contributed by atoms with E-state index in [1.54, 1.807) is 15.7 Å². The fraction of sp³-hybridized carbons (Fsp3) is 0.435. The molecule has 3 atom stereocenters. The highest BCUT2D eigenvalue weighted by Crippen LogP contribution is 2.34. The van der Waals surface area contributed by atoms with Crippen LogP contribution in [0.1, 0.15) is 37.8 Å². The molecule has 2 fully saturated rings. The first-order valence-electron chi connectivity index (χ1n) is 11.0. The molecule has 6 rings (SSSR count). The number of thiazole rings is 1. The van der Waals surface area contributed by atoms with E-state index in [4.69, 9.17) is 9.97 Å². The SMILES string of the molecule is Cc1cn2cc(-c3ccc4nc(N(C)[C@@H]5C[C@H]6CCC[C@@H](C5)N6)sc4n3)cc(F)c2n1.Cl. The average molecular weight is 473 g/mol. The number of pyridine rings is 2. The molecule has 0 unspecified atom stereocenters. The van der Waals surface area contributed by atoms with Crippen LogP contribution in [0.2, 0.25) is 0 Å². The van der Waals surface area contributed by atoms with Crippen LogP contribution in [0.5, 0.6) is 0 Å². The van der Waals surface area contributed by atoms with Crippen molar-refractivity contribution in [1.29, 1.82) is 0 Å². The topological polar surface area (TPSA) is 58.4 Å². The lowest BCUT2D eigenvalue weighted by Crippen LogP contribution is -2.54. The van der Waals surface area contributed by atoms with Crippen LogP contribution < -0.4 is 10.2 Å². The third-order valence-corrected chi connectivity index (χ3v) is 7.76. The highest BCUT2D eigenvalue weighted by atomic mass is 35.5. The number of imidazole rings is 1. The van der Waals surface area contributed by atoms with Gasteiger partial charge in [-0.05, 0) is 50.8 Å². The Bertz CT molecular complexity index is 1270. The van der Waals surface area contributed by atoms with Gasteiger partial charge in [0.2, 0.25) is 0 Å². The first-order chi connectivity index (χ1) is 15.0. The summed E-state index contributed by atoms with van der Waals surface area (Å²) in [7, 11) is 2.16. The van der Waals surface area contributed by atoms with Gasteiger partial charge in [-0.3, -0.25) is 0 Å². The Balaban J connectivity index is 0.00000216. The van der Waals surface area contributed by atoms with Crippen LogP contribution in [0.15, 0.2) is 30.6 Å². The molecular formula is C23H26ClFN6S. The number of hydrogen-bond donors (Lipinski definition) is 1. The summed E-state index contributed by atoms with van der Waals surface area (Å²) in [6, 6.07) is 7.20. The van der Waals surface area contributed by atoms with Crippen LogP contribution in [0.4, 0.5) is 9.52 Å². The number of aryl methyl sites for hydroxylation is 1. The van der Waals surface area contributed by atoms with E-state index in [2.05, 4.69) is 22.2 Å². The van der Waals surface area contributed by atoms with Crippen molar-refractivity contribution in [2.75, 3.05) is 11.9 Å². The number of halogens is 2. The maximum atomic E-state index is 14.5. The van der Waals surface area contributed by atoms with Gasteiger partial charge in [0.1, 0.15) is 10.3 Å². The van der Waals surface area contributed by atoms with Crippen LogP contribution in [0.25, 0.3) is 27.3 Å². The lowest BCUT2D eigenvalue weighted by atomic mass is 9.83. The summed E-state index contributed by atoms with van der Waals surface area (Å²) in [5.74, 6) is -0.339. The molecular weight excluding hydrogens is 447 g/mol. The number of hydrogen-bond acceptors (Lipinski definition) is 6. The minimum atomic E-state index is -0.339. The van der Waals surface area contributed by atoms with Gasteiger partial charge >= 0.3 is 0 Å². The van der Waals surface area contributed by atoms with E-state index in [0.717, 1.165) is 32.4 Å². The number of anilines is 1. The molecule has 4 aromatic rings. The molecule has 0 spiro atoms. The zero-order valence-corrected chi connectivity index (χ0v) is 19.7. The van der Waals surface area contributed by atoms with E-state index in [9.17, 15) is 4.39 Å². The normalized spacial score (nSPS) is 22.8. The van der Waals surface area contributed by atoms with E-state index in [1.807, 2.05) is 31.5 Å². The predicted octanol–water partition coefficient (Wildman–Crippen LogP) is 4.98. The fourth-order valence-corrected chi connectivity index (χ4v) is 6.12. The van der Waals surface area contributed by atoms with Gasteiger partial charge in [-0.15, -0.1) is 12.4 Å². The molecule has 0 aromatic carbocycles. The predicted molar refractivity (Wildman–Crippen MR) is 130 cm³/mol. The molecule has 1 N–H and O–H groups in total. The Hall–Kier alpha value is -2.29. The van der Waals surface area contributed by atoms with E-state index >= 15 is 0 Å². The minimum absolute atomic E-state index is 0. The van der Waals surface area contributed by atoms with Gasteiger partial charge in [-0.2, -0.15) is 0 Å².